The van der Waals surface area contributed by atoms with E-state index in [4.69, 9.17) is 11.6 Å². The first kappa shape index (κ1) is 17.0. The third-order valence-corrected chi connectivity index (χ3v) is 3.88. The van der Waals surface area contributed by atoms with Crippen molar-refractivity contribution in [2.24, 2.45) is 0 Å². The molecule has 7 heteroatoms. The Bertz CT molecular complexity index is 774. The average molecular weight is 356 g/mol. The van der Waals surface area contributed by atoms with E-state index in [9.17, 15) is 4.79 Å². The van der Waals surface area contributed by atoms with Gasteiger partial charge in [0.2, 0.25) is 5.91 Å². The summed E-state index contributed by atoms with van der Waals surface area (Å²) >= 11 is 5.86. The van der Waals surface area contributed by atoms with Crippen LogP contribution in [-0.4, -0.2) is 31.1 Å². The third-order valence-electron chi connectivity index (χ3n) is 3.62. The number of hydrogen-bond acceptors (Lipinski definition) is 3. The summed E-state index contributed by atoms with van der Waals surface area (Å²) in [5.74, 6) is -0.153. The number of benzene rings is 1. The molecular weight excluding hydrogens is 338 g/mol. The first-order chi connectivity index (χ1) is 12.2. The Balaban J connectivity index is 1.63. The minimum atomic E-state index is -0.153. The van der Waals surface area contributed by atoms with Crippen molar-refractivity contribution < 1.29 is 4.79 Å². The Morgan fingerprint density at radius 3 is 2.20 bits per heavy atom. The maximum absolute atomic E-state index is 12.3. The summed E-state index contributed by atoms with van der Waals surface area (Å²) in [6, 6.07) is 7.21. The molecular formula is C18H18ClN5O. The molecule has 0 bridgehead atoms. The van der Waals surface area contributed by atoms with Crippen molar-refractivity contribution in [1.29, 1.82) is 0 Å². The lowest BCUT2D eigenvalue weighted by atomic mass is 10.2. The normalized spacial score (nSPS) is 11.3. The summed E-state index contributed by atoms with van der Waals surface area (Å²) in [6.45, 7) is 1.25. The van der Waals surface area contributed by atoms with Crippen LogP contribution >= 0.6 is 11.6 Å². The second-order valence-electron chi connectivity index (χ2n) is 5.61. The first-order valence-corrected chi connectivity index (χ1v) is 8.22. The second kappa shape index (κ2) is 8.30. The van der Waals surface area contributed by atoms with Crippen LogP contribution in [0, 0.1) is 0 Å². The Hall–Kier alpha value is -2.86. The van der Waals surface area contributed by atoms with Gasteiger partial charge in [-0.15, -0.1) is 0 Å². The molecule has 0 aliphatic rings. The van der Waals surface area contributed by atoms with Crippen molar-refractivity contribution in [2.45, 2.75) is 19.1 Å². The minimum absolute atomic E-state index is 0.0919. The van der Waals surface area contributed by atoms with E-state index >= 15 is 0 Å². The summed E-state index contributed by atoms with van der Waals surface area (Å²) in [4.78, 5) is 20.4. The predicted molar refractivity (Wildman–Crippen MR) is 96.9 cm³/mol. The van der Waals surface area contributed by atoms with E-state index < -0.39 is 0 Å². The summed E-state index contributed by atoms with van der Waals surface area (Å²) in [5.41, 5.74) is 0.917. The van der Waals surface area contributed by atoms with Gasteiger partial charge in [-0.25, -0.2) is 9.97 Å². The molecule has 25 heavy (non-hydrogen) atoms. The molecule has 0 unspecified atom stereocenters. The van der Waals surface area contributed by atoms with Crippen LogP contribution in [0.2, 0.25) is 5.02 Å². The first-order valence-electron chi connectivity index (χ1n) is 7.85. The lowest BCUT2D eigenvalue weighted by Crippen LogP contribution is -2.39. The lowest BCUT2D eigenvalue weighted by Gasteiger charge is -2.19. The highest BCUT2D eigenvalue weighted by molar-refractivity contribution is 6.30. The molecule has 128 valence electrons. The van der Waals surface area contributed by atoms with E-state index in [-0.39, 0.29) is 11.9 Å². The largest absolute Gasteiger partial charge is 0.346 e. The van der Waals surface area contributed by atoms with Gasteiger partial charge in [0.05, 0.1) is 18.7 Å². The number of carbonyl (C=O) groups is 1. The van der Waals surface area contributed by atoms with Crippen molar-refractivity contribution in [3.8, 4) is 0 Å². The molecule has 0 aliphatic heterocycles. The summed E-state index contributed by atoms with van der Waals surface area (Å²) < 4.78 is 3.87. The van der Waals surface area contributed by atoms with Crippen molar-refractivity contribution in [1.82, 2.24) is 24.4 Å². The molecule has 3 aromatic rings. The standard InChI is InChI=1S/C18H18ClN5O/c19-16-4-1-15(2-5-16)3-6-18(25)22-17(11-23-9-7-20-13-23)12-24-10-8-21-14-24/h1-10,13-14,17H,11-12H2,(H,22,25). The van der Waals surface area contributed by atoms with Crippen LogP contribution < -0.4 is 5.32 Å². The summed E-state index contributed by atoms with van der Waals surface area (Å²) in [5, 5.41) is 3.70. The number of hydrogen-bond donors (Lipinski definition) is 1. The van der Waals surface area contributed by atoms with Gasteiger partial charge in [0.15, 0.2) is 0 Å². The number of halogens is 1. The molecule has 0 saturated carbocycles. The quantitative estimate of drug-likeness (QED) is 0.663. The molecule has 1 N–H and O–H groups in total. The Labute approximate surface area is 150 Å². The van der Waals surface area contributed by atoms with E-state index in [0.29, 0.717) is 18.1 Å². The highest BCUT2D eigenvalue weighted by atomic mass is 35.5. The van der Waals surface area contributed by atoms with E-state index in [2.05, 4.69) is 15.3 Å². The van der Waals surface area contributed by atoms with Crippen LogP contribution in [-0.2, 0) is 17.9 Å². The predicted octanol–water partition coefficient (Wildman–Crippen LogP) is 2.63. The van der Waals surface area contributed by atoms with Crippen LogP contribution in [0.5, 0.6) is 0 Å². The summed E-state index contributed by atoms with van der Waals surface area (Å²) in [6.07, 6.45) is 13.9. The maximum Gasteiger partial charge on any atom is 0.244 e. The number of imidazole rings is 2. The summed E-state index contributed by atoms with van der Waals surface area (Å²) in [7, 11) is 0. The third kappa shape index (κ3) is 5.32. The topological polar surface area (TPSA) is 64.7 Å². The number of amides is 1. The number of nitrogens with zero attached hydrogens (tertiary/aromatic N) is 4. The van der Waals surface area contributed by atoms with Crippen LogP contribution in [0.15, 0.2) is 67.8 Å². The van der Waals surface area contributed by atoms with Gasteiger partial charge in [0, 0.05) is 49.0 Å². The zero-order valence-electron chi connectivity index (χ0n) is 13.5. The molecule has 2 heterocycles. The van der Waals surface area contributed by atoms with Crippen molar-refractivity contribution >= 4 is 23.6 Å². The van der Waals surface area contributed by atoms with Crippen LogP contribution in [0.4, 0.5) is 0 Å². The average Bonchev–Trinajstić information content (AvgIpc) is 3.28. The number of carbonyl (C=O) groups excluding carboxylic acids is 1. The fourth-order valence-electron chi connectivity index (χ4n) is 2.44. The van der Waals surface area contributed by atoms with Gasteiger partial charge in [0.25, 0.3) is 0 Å². The SMILES string of the molecule is O=C(C=Cc1ccc(Cl)cc1)NC(Cn1ccnc1)Cn1ccnc1. The van der Waals surface area contributed by atoms with Gasteiger partial charge >= 0.3 is 0 Å². The molecule has 0 spiro atoms. The monoisotopic (exact) mass is 355 g/mol. The lowest BCUT2D eigenvalue weighted by molar-refractivity contribution is -0.117. The number of aromatic nitrogens is 4. The van der Waals surface area contributed by atoms with Gasteiger partial charge in [0.1, 0.15) is 0 Å². The van der Waals surface area contributed by atoms with Crippen molar-refractivity contribution in [2.75, 3.05) is 0 Å². The molecule has 1 amide bonds. The zero-order chi connectivity index (χ0) is 17.5. The van der Waals surface area contributed by atoms with Crippen LogP contribution in [0.25, 0.3) is 6.08 Å². The van der Waals surface area contributed by atoms with Gasteiger partial charge in [-0.2, -0.15) is 0 Å². The molecule has 0 fully saturated rings. The second-order valence-corrected chi connectivity index (χ2v) is 6.05. The Morgan fingerprint density at radius 2 is 1.68 bits per heavy atom. The number of rotatable bonds is 7. The maximum atomic E-state index is 12.3. The van der Waals surface area contributed by atoms with Gasteiger partial charge in [-0.05, 0) is 23.8 Å². The molecule has 0 atom stereocenters. The molecule has 1 aromatic carbocycles. The Morgan fingerprint density at radius 1 is 1.08 bits per heavy atom. The zero-order valence-corrected chi connectivity index (χ0v) is 14.3. The van der Waals surface area contributed by atoms with E-state index in [1.807, 2.05) is 33.7 Å². The highest BCUT2D eigenvalue weighted by Gasteiger charge is 2.12. The van der Waals surface area contributed by atoms with E-state index in [0.717, 1.165) is 5.56 Å². The van der Waals surface area contributed by atoms with Crippen LogP contribution in [0.3, 0.4) is 0 Å². The molecule has 2 aromatic heterocycles. The highest BCUT2D eigenvalue weighted by Crippen LogP contribution is 2.10. The molecule has 0 aliphatic carbocycles. The minimum Gasteiger partial charge on any atom is -0.346 e. The number of nitrogens with one attached hydrogen (secondary N) is 1. The van der Waals surface area contributed by atoms with Crippen LogP contribution in [0.1, 0.15) is 5.56 Å². The fraction of sp³-hybridized carbons (Fsp3) is 0.167. The van der Waals surface area contributed by atoms with Crippen molar-refractivity contribution in [3.63, 3.8) is 0 Å². The van der Waals surface area contributed by atoms with E-state index in [1.165, 1.54) is 6.08 Å². The van der Waals surface area contributed by atoms with E-state index in [1.54, 1.807) is 43.3 Å². The molecule has 6 nitrogen and oxygen atoms in total. The molecule has 0 saturated heterocycles. The molecule has 0 radical (unpaired) electrons. The van der Waals surface area contributed by atoms with Gasteiger partial charge in [-0.1, -0.05) is 23.7 Å². The fourth-order valence-corrected chi connectivity index (χ4v) is 2.57. The van der Waals surface area contributed by atoms with Gasteiger partial charge < -0.3 is 14.5 Å². The smallest absolute Gasteiger partial charge is 0.244 e. The molecule has 3 rings (SSSR count). The van der Waals surface area contributed by atoms with Gasteiger partial charge in [-0.3, -0.25) is 4.79 Å². The Kier molecular flexibility index (Phi) is 5.64. The van der Waals surface area contributed by atoms with Crippen molar-refractivity contribution in [3.05, 3.63) is 78.4 Å².